The van der Waals surface area contributed by atoms with E-state index in [1.54, 1.807) is 12.1 Å². The monoisotopic (exact) mass is 213 g/mol. The van der Waals surface area contributed by atoms with Crippen LogP contribution in [0.2, 0.25) is 0 Å². The van der Waals surface area contributed by atoms with Crippen molar-refractivity contribution in [1.29, 1.82) is 0 Å². The van der Waals surface area contributed by atoms with E-state index in [9.17, 15) is 9.36 Å². The molecule has 0 aliphatic carbocycles. The second-order valence-electron chi connectivity index (χ2n) is 2.29. The van der Waals surface area contributed by atoms with Gasteiger partial charge in [0.2, 0.25) is 0 Å². The predicted octanol–water partition coefficient (Wildman–Crippen LogP) is 1.70. The minimum Gasteiger partial charge on any atom is -0.310 e. The molecule has 0 aliphatic rings. The fourth-order valence-corrected chi connectivity index (χ4v) is 2.15. The van der Waals surface area contributed by atoms with Crippen molar-refractivity contribution in [2.75, 3.05) is 0 Å². The maximum absolute atomic E-state index is 11.2. The Labute approximate surface area is 78.6 Å². The average Bonchev–Trinajstić information content (AvgIpc) is 2.44. The van der Waals surface area contributed by atoms with Crippen LogP contribution in [0.4, 0.5) is 0 Å². The van der Waals surface area contributed by atoms with Gasteiger partial charge in [-0.2, -0.15) is 0 Å². The van der Waals surface area contributed by atoms with Crippen molar-refractivity contribution in [3.63, 3.8) is 0 Å². The lowest BCUT2D eigenvalue weighted by Gasteiger charge is -1.94. The highest BCUT2D eigenvalue weighted by Crippen LogP contribution is 2.15. The van der Waals surface area contributed by atoms with E-state index in [0.717, 1.165) is 20.8 Å². The largest absolute Gasteiger partial charge is 0.417 e. The number of benzene rings is 1. The lowest BCUT2D eigenvalue weighted by molar-refractivity contribution is 0.306. The molecule has 1 aromatic carbocycles. The van der Waals surface area contributed by atoms with Gasteiger partial charge in [-0.1, -0.05) is 23.5 Å². The minimum absolute atomic E-state index is 0.274. The zero-order valence-corrected chi connectivity index (χ0v) is 8.05. The van der Waals surface area contributed by atoms with Crippen molar-refractivity contribution in [1.82, 2.24) is 4.73 Å². The number of aromatic nitrogens is 1. The molecule has 1 heterocycles. The molecule has 4 nitrogen and oxygen atoms in total. The molecule has 0 amide bonds. The summed E-state index contributed by atoms with van der Waals surface area (Å²) in [6, 6.07) is 7.16. The predicted molar refractivity (Wildman–Crippen MR) is 50.3 cm³/mol. The molecule has 1 aromatic heterocycles. The van der Waals surface area contributed by atoms with E-state index in [-0.39, 0.29) is 4.87 Å². The van der Waals surface area contributed by atoms with Crippen molar-refractivity contribution in [3.8, 4) is 0 Å². The van der Waals surface area contributed by atoms with Gasteiger partial charge in [-0.3, -0.25) is 4.79 Å². The normalized spacial score (nSPS) is 10.8. The molecule has 0 spiro atoms. The van der Waals surface area contributed by atoms with Crippen LogP contribution in [0.25, 0.3) is 10.2 Å². The lowest BCUT2D eigenvalue weighted by Crippen LogP contribution is -2.14. The van der Waals surface area contributed by atoms with E-state index in [4.69, 9.17) is 0 Å². The number of rotatable bonds is 2. The van der Waals surface area contributed by atoms with E-state index in [1.807, 2.05) is 12.1 Å². The highest BCUT2D eigenvalue weighted by molar-refractivity contribution is 7.18. The third kappa shape index (κ3) is 1.36. The van der Waals surface area contributed by atoms with E-state index in [2.05, 4.69) is 4.62 Å². The molecular weight excluding hydrogens is 209 g/mol. The maximum atomic E-state index is 11.2. The number of hydrogen-bond acceptors (Lipinski definition) is 4. The molecular formula is C7H4NO3PS. The second-order valence-corrected chi connectivity index (χ2v) is 3.59. The zero-order chi connectivity index (χ0) is 9.26. The minimum atomic E-state index is -0.530. The molecule has 0 radical (unpaired) electrons. The Hall–Kier alpha value is -1.19. The summed E-state index contributed by atoms with van der Waals surface area (Å²) in [5.74, 6) is 0. The highest BCUT2D eigenvalue weighted by Gasteiger charge is 2.06. The smallest absolute Gasteiger partial charge is 0.310 e. The molecule has 0 fully saturated rings. The van der Waals surface area contributed by atoms with Gasteiger partial charge in [0.1, 0.15) is 5.52 Å². The maximum Gasteiger partial charge on any atom is 0.417 e. The van der Waals surface area contributed by atoms with Gasteiger partial charge in [-0.25, -0.2) is 4.57 Å². The van der Waals surface area contributed by atoms with Gasteiger partial charge >= 0.3 is 13.6 Å². The van der Waals surface area contributed by atoms with Gasteiger partial charge in [0.05, 0.1) is 4.70 Å². The molecule has 2 aromatic rings. The third-order valence-corrected chi connectivity index (χ3v) is 2.70. The molecule has 0 saturated carbocycles. The van der Waals surface area contributed by atoms with Crippen LogP contribution in [0.3, 0.4) is 0 Å². The van der Waals surface area contributed by atoms with Crippen LogP contribution in [0.15, 0.2) is 29.1 Å². The molecule has 0 bridgehead atoms. The fourth-order valence-electron chi connectivity index (χ4n) is 1.06. The molecule has 13 heavy (non-hydrogen) atoms. The first-order valence-electron chi connectivity index (χ1n) is 3.43. The topological polar surface area (TPSA) is 48.3 Å². The van der Waals surface area contributed by atoms with Gasteiger partial charge in [-0.15, -0.1) is 4.73 Å². The fraction of sp³-hybridized carbons (Fsp3) is 0. The summed E-state index contributed by atoms with van der Waals surface area (Å²) in [5, 5.41) is 0. The number of nitrogens with zero attached hydrogens (tertiary/aromatic N) is 1. The van der Waals surface area contributed by atoms with Crippen molar-refractivity contribution in [2.24, 2.45) is 0 Å². The van der Waals surface area contributed by atoms with Gasteiger partial charge in [0.25, 0.3) is 0 Å². The first-order chi connectivity index (χ1) is 6.33. The molecule has 2 rings (SSSR count). The first-order valence-corrected chi connectivity index (χ1v) is 4.98. The number of para-hydroxylation sites is 1. The number of fused-ring (bicyclic) bond motifs is 1. The number of thiazole rings is 1. The summed E-state index contributed by atoms with van der Waals surface area (Å²) >= 11 is 1.06. The Morgan fingerprint density at radius 2 is 2.15 bits per heavy atom. The first kappa shape index (κ1) is 8.41. The van der Waals surface area contributed by atoms with Gasteiger partial charge < -0.3 is 4.62 Å². The molecule has 0 unspecified atom stereocenters. The van der Waals surface area contributed by atoms with Gasteiger partial charge in [0.15, 0.2) is 0 Å². The van der Waals surface area contributed by atoms with E-state index >= 15 is 0 Å². The Morgan fingerprint density at radius 3 is 2.92 bits per heavy atom. The van der Waals surface area contributed by atoms with E-state index in [0.29, 0.717) is 5.52 Å². The third-order valence-electron chi connectivity index (χ3n) is 1.56. The summed E-state index contributed by atoms with van der Waals surface area (Å²) in [4.78, 5) is 11.0. The second kappa shape index (κ2) is 3.28. The SMILES string of the molecule is O=POn1c(=O)sc2ccccc21. The van der Waals surface area contributed by atoms with E-state index in [1.165, 1.54) is 0 Å². The Morgan fingerprint density at radius 1 is 1.38 bits per heavy atom. The Kier molecular flexibility index (Phi) is 2.12. The van der Waals surface area contributed by atoms with Crippen molar-refractivity contribution in [2.45, 2.75) is 0 Å². The summed E-state index contributed by atoms with van der Waals surface area (Å²) in [5.41, 5.74) is 0.640. The van der Waals surface area contributed by atoms with Gasteiger partial charge in [-0.05, 0) is 12.1 Å². The van der Waals surface area contributed by atoms with E-state index < -0.39 is 8.69 Å². The van der Waals surface area contributed by atoms with Crippen molar-refractivity contribution >= 4 is 30.2 Å². The summed E-state index contributed by atoms with van der Waals surface area (Å²) < 4.78 is 16.6. The summed E-state index contributed by atoms with van der Waals surface area (Å²) in [7, 11) is -0.530. The summed E-state index contributed by atoms with van der Waals surface area (Å²) in [6.07, 6.45) is 0. The molecule has 0 N–H and O–H groups in total. The van der Waals surface area contributed by atoms with Crippen LogP contribution in [0.5, 0.6) is 0 Å². The molecule has 6 heteroatoms. The molecule has 0 aliphatic heterocycles. The van der Waals surface area contributed by atoms with Crippen molar-refractivity contribution < 1.29 is 9.19 Å². The zero-order valence-electron chi connectivity index (χ0n) is 6.34. The standard InChI is InChI=1S/C7H4NO3PS/c9-7-8(11-12-10)5-3-1-2-4-6(5)13-7/h1-4H. The lowest BCUT2D eigenvalue weighted by atomic mass is 10.3. The van der Waals surface area contributed by atoms with Gasteiger partial charge in [0, 0.05) is 0 Å². The Bertz CT molecular complexity index is 504. The molecule has 66 valence electrons. The average molecular weight is 213 g/mol. The van der Waals surface area contributed by atoms with Crippen LogP contribution in [-0.2, 0) is 4.57 Å². The van der Waals surface area contributed by atoms with Crippen LogP contribution < -0.4 is 9.50 Å². The van der Waals surface area contributed by atoms with Crippen molar-refractivity contribution in [3.05, 3.63) is 33.9 Å². The van der Waals surface area contributed by atoms with Crippen LogP contribution in [-0.4, -0.2) is 4.73 Å². The summed E-state index contributed by atoms with van der Waals surface area (Å²) in [6.45, 7) is 0. The van der Waals surface area contributed by atoms with Crippen LogP contribution in [0, 0.1) is 0 Å². The quantitative estimate of drug-likeness (QED) is 0.713. The molecule has 0 atom stereocenters. The van der Waals surface area contributed by atoms with Crippen LogP contribution >= 0.6 is 20.0 Å². The molecule has 0 saturated heterocycles. The van der Waals surface area contributed by atoms with Crippen LogP contribution in [0.1, 0.15) is 0 Å². The number of hydrogen-bond donors (Lipinski definition) is 0. The highest BCUT2D eigenvalue weighted by atomic mass is 32.1. The Balaban J connectivity index is 2.78.